The Morgan fingerprint density at radius 3 is 2.46 bits per heavy atom. The van der Waals surface area contributed by atoms with Gasteiger partial charge < -0.3 is 0 Å². The van der Waals surface area contributed by atoms with E-state index in [0.717, 1.165) is 4.90 Å². The summed E-state index contributed by atoms with van der Waals surface area (Å²) in [4.78, 5) is 38.2. The molecule has 0 atom stereocenters. The van der Waals surface area contributed by atoms with Gasteiger partial charge in [-0.15, -0.1) is 0 Å². The zero-order chi connectivity index (χ0) is 9.84. The second-order valence-electron chi connectivity index (χ2n) is 2.60. The van der Waals surface area contributed by atoms with Crippen molar-refractivity contribution < 1.29 is 19.2 Å². The van der Waals surface area contributed by atoms with Crippen LogP contribution in [0.25, 0.3) is 0 Å². The molecule has 13 heavy (non-hydrogen) atoms. The number of carbonyl (C=O) groups is 3. The largest absolute Gasteiger partial charge is 0.277 e. The van der Waals surface area contributed by atoms with Crippen molar-refractivity contribution in [2.45, 2.75) is 12.8 Å². The lowest BCUT2D eigenvalue weighted by Gasteiger charge is -2.11. The fraction of sp³-hybridized carbons (Fsp3) is 0.571. The molecule has 0 aliphatic carbocycles. The molecule has 3 amide bonds. The normalized spacial score (nSPS) is 16.5. The summed E-state index contributed by atoms with van der Waals surface area (Å²) < 4.78 is 0. The van der Waals surface area contributed by atoms with E-state index in [-0.39, 0.29) is 31.2 Å². The highest BCUT2D eigenvalue weighted by molar-refractivity contribution is 6.04. The molecule has 0 bridgehead atoms. The van der Waals surface area contributed by atoms with Crippen molar-refractivity contribution in [3.8, 4) is 0 Å². The third-order valence-electron chi connectivity index (χ3n) is 1.67. The average molecular weight is 186 g/mol. The first-order valence-electron chi connectivity index (χ1n) is 3.80. The van der Waals surface area contributed by atoms with E-state index in [0.29, 0.717) is 0 Å². The van der Waals surface area contributed by atoms with E-state index < -0.39 is 5.91 Å². The first kappa shape index (κ1) is 9.66. The molecule has 0 aromatic carbocycles. The SMILES string of the molecule is CONC(=O)CN1C(=O)CCC1=O. The Bertz CT molecular complexity index is 235. The van der Waals surface area contributed by atoms with E-state index in [4.69, 9.17) is 0 Å². The maximum Gasteiger partial charge on any atom is 0.263 e. The van der Waals surface area contributed by atoms with Gasteiger partial charge in [0, 0.05) is 12.8 Å². The lowest BCUT2D eigenvalue weighted by Crippen LogP contribution is -2.39. The van der Waals surface area contributed by atoms with E-state index in [1.807, 2.05) is 5.48 Å². The van der Waals surface area contributed by atoms with Crippen molar-refractivity contribution in [1.82, 2.24) is 10.4 Å². The summed E-state index contributed by atoms with van der Waals surface area (Å²) in [5, 5.41) is 0. The molecular weight excluding hydrogens is 176 g/mol. The molecule has 0 saturated carbocycles. The summed E-state index contributed by atoms with van der Waals surface area (Å²) in [6, 6.07) is 0. The molecule has 0 aromatic rings. The minimum Gasteiger partial charge on any atom is -0.277 e. The third kappa shape index (κ3) is 2.25. The van der Waals surface area contributed by atoms with Crippen molar-refractivity contribution in [2.24, 2.45) is 0 Å². The predicted molar refractivity (Wildman–Crippen MR) is 41.1 cm³/mol. The Balaban J connectivity index is 2.48. The highest BCUT2D eigenvalue weighted by atomic mass is 16.6. The van der Waals surface area contributed by atoms with Crippen LogP contribution in [0, 0.1) is 0 Å². The molecule has 1 rings (SSSR count). The van der Waals surface area contributed by atoms with Crippen LogP contribution in [-0.4, -0.2) is 36.3 Å². The molecule has 1 N–H and O–H groups in total. The lowest BCUT2D eigenvalue weighted by molar-refractivity contribution is -0.145. The molecular formula is C7H10N2O4. The minimum atomic E-state index is -0.508. The highest BCUT2D eigenvalue weighted by Gasteiger charge is 2.30. The molecule has 1 fully saturated rings. The molecule has 6 heteroatoms. The van der Waals surface area contributed by atoms with Gasteiger partial charge in [-0.3, -0.25) is 24.1 Å². The van der Waals surface area contributed by atoms with Gasteiger partial charge in [0.05, 0.1) is 7.11 Å². The average Bonchev–Trinajstić information content (AvgIpc) is 2.36. The molecule has 1 heterocycles. The van der Waals surface area contributed by atoms with Crippen molar-refractivity contribution in [1.29, 1.82) is 0 Å². The first-order chi connectivity index (χ1) is 6.15. The maximum absolute atomic E-state index is 11.0. The van der Waals surface area contributed by atoms with Crippen LogP contribution in [0.2, 0.25) is 0 Å². The van der Waals surface area contributed by atoms with Gasteiger partial charge in [-0.1, -0.05) is 0 Å². The zero-order valence-corrected chi connectivity index (χ0v) is 7.20. The predicted octanol–water partition coefficient (Wildman–Crippen LogP) is -1.19. The van der Waals surface area contributed by atoms with Gasteiger partial charge in [-0.25, -0.2) is 5.48 Å². The van der Waals surface area contributed by atoms with E-state index in [2.05, 4.69) is 4.84 Å². The zero-order valence-electron chi connectivity index (χ0n) is 7.20. The Labute approximate surface area is 74.8 Å². The number of likely N-dealkylation sites (tertiary alicyclic amines) is 1. The minimum absolute atomic E-state index is 0.194. The fourth-order valence-corrected chi connectivity index (χ4v) is 1.09. The topological polar surface area (TPSA) is 75.7 Å². The van der Waals surface area contributed by atoms with Gasteiger partial charge in [-0.05, 0) is 0 Å². The second kappa shape index (κ2) is 3.99. The van der Waals surface area contributed by atoms with Crippen LogP contribution in [-0.2, 0) is 19.2 Å². The Hall–Kier alpha value is -1.43. The van der Waals surface area contributed by atoms with Crippen LogP contribution in [0.1, 0.15) is 12.8 Å². The number of nitrogens with zero attached hydrogens (tertiary/aromatic N) is 1. The number of carbonyl (C=O) groups excluding carboxylic acids is 3. The molecule has 0 spiro atoms. The summed E-state index contributed by atoms with van der Waals surface area (Å²) in [5.74, 6) is -1.13. The van der Waals surface area contributed by atoms with Crippen LogP contribution in [0.15, 0.2) is 0 Å². The number of hydroxylamine groups is 1. The number of hydrogen-bond acceptors (Lipinski definition) is 4. The summed E-state index contributed by atoms with van der Waals surface area (Å²) >= 11 is 0. The van der Waals surface area contributed by atoms with Crippen molar-refractivity contribution >= 4 is 17.7 Å². The van der Waals surface area contributed by atoms with Crippen molar-refractivity contribution in [2.75, 3.05) is 13.7 Å². The van der Waals surface area contributed by atoms with Gasteiger partial charge in [0.2, 0.25) is 11.8 Å². The summed E-state index contributed by atoms with van der Waals surface area (Å²) in [5.41, 5.74) is 2.03. The maximum atomic E-state index is 11.0. The smallest absolute Gasteiger partial charge is 0.263 e. The van der Waals surface area contributed by atoms with Gasteiger partial charge >= 0.3 is 0 Å². The molecule has 72 valence electrons. The van der Waals surface area contributed by atoms with Crippen LogP contribution >= 0.6 is 0 Å². The van der Waals surface area contributed by atoms with Crippen LogP contribution in [0.4, 0.5) is 0 Å². The van der Waals surface area contributed by atoms with Gasteiger partial charge in [0.15, 0.2) is 0 Å². The number of amides is 3. The Kier molecular flexibility index (Phi) is 2.97. The van der Waals surface area contributed by atoms with Gasteiger partial charge in [0.25, 0.3) is 5.91 Å². The molecule has 1 aliphatic heterocycles. The van der Waals surface area contributed by atoms with Crippen molar-refractivity contribution in [3.63, 3.8) is 0 Å². The summed E-state index contributed by atoms with van der Waals surface area (Å²) in [7, 11) is 1.28. The Morgan fingerprint density at radius 2 is 2.00 bits per heavy atom. The molecule has 0 radical (unpaired) electrons. The third-order valence-corrected chi connectivity index (χ3v) is 1.67. The number of nitrogens with one attached hydrogen (secondary N) is 1. The standard InChI is InChI=1S/C7H10N2O4/c1-13-8-5(10)4-9-6(11)2-3-7(9)12/h2-4H2,1H3,(H,8,10). The summed E-state index contributed by atoms with van der Waals surface area (Å²) in [6.07, 6.45) is 0.387. The van der Waals surface area contributed by atoms with E-state index in [1.165, 1.54) is 7.11 Å². The molecule has 1 aliphatic rings. The number of rotatable bonds is 3. The van der Waals surface area contributed by atoms with Crippen molar-refractivity contribution in [3.05, 3.63) is 0 Å². The fourth-order valence-electron chi connectivity index (χ4n) is 1.09. The van der Waals surface area contributed by atoms with E-state index in [1.54, 1.807) is 0 Å². The molecule has 1 saturated heterocycles. The molecule has 6 nitrogen and oxygen atoms in total. The number of hydrogen-bond donors (Lipinski definition) is 1. The lowest BCUT2D eigenvalue weighted by atomic mass is 10.4. The quantitative estimate of drug-likeness (QED) is 0.444. The Morgan fingerprint density at radius 1 is 1.46 bits per heavy atom. The molecule has 0 aromatic heterocycles. The first-order valence-corrected chi connectivity index (χ1v) is 3.80. The van der Waals surface area contributed by atoms with Gasteiger partial charge in [-0.2, -0.15) is 0 Å². The van der Waals surface area contributed by atoms with Crippen LogP contribution < -0.4 is 5.48 Å². The van der Waals surface area contributed by atoms with E-state index in [9.17, 15) is 14.4 Å². The van der Waals surface area contributed by atoms with Crippen LogP contribution in [0.3, 0.4) is 0 Å². The van der Waals surface area contributed by atoms with Gasteiger partial charge in [0.1, 0.15) is 6.54 Å². The van der Waals surface area contributed by atoms with E-state index >= 15 is 0 Å². The number of imide groups is 1. The second-order valence-corrected chi connectivity index (χ2v) is 2.60. The summed E-state index contributed by atoms with van der Waals surface area (Å²) in [6.45, 7) is -0.258. The molecule has 0 unspecified atom stereocenters. The monoisotopic (exact) mass is 186 g/mol. The van der Waals surface area contributed by atoms with Crippen LogP contribution in [0.5, 0.6) is 0 Å². The highest BCUT2D eigenvalue weighted by Crippen LogP contribution is 2.10.